The molecule has 2 nitrogen and oxygen atoms in total. The molecule has 2 bridgehead atoms. The quantitative estimate of drug-likeness (QED) is 0.551. The summed E-state index contributed by atoms with van der Waals surface area (Å²) in [4.78, 5) is 11.5. The van der Waals surface area contributed by atoms with Crippen molar-refractivity contribution in [2.75, 3.05) is 0 Å². The Morgan fingerprint density at radius 2 is 2.08 bits per heavy atom. The second-order valence-corrected chi connectivity index (χ2v) is 4.68. The first kappa shape index (κ1) is 8.24. The lowest BCUT2D eigenvalue weighted by Crippen LogP contribution is -2.58. The Bertz CT molecular complexity index is 220. The van der Waals surface area contributed by atoms with E-state index in [9.17, 15) is 4.79 Å². The van der Waals surface area contributed by atoms with Gasteiger partial charge in [-0.05, 0) is 19.8 Å². The summed E-state index contributed by atoms with van der Waals surface area (Å²) in [6.45, 7) is 6.34. The van der Waals surface area contributed by atoms with Crippen LogP contribution in [0.15, 0.2) is 0 Å². The van der Waals surface area contributed by atoms with E-state index in [1.54, 1.807) is 0 Å². The topological polar surface area (TPSA) is 26.3 Å². The van der Waals surface area contributed by atoms with Gasteiger partial charge in [-0.25, -0.2) is 0 Å². The van der Waals surface area contributed by atoms with Gasteiger partial charge in [0.2, 0.25) is 0 Å². The summed E-state index contributed by atoms with van der Waals surface area (Å²) < 4.78 is 5.66. The van der Waals surface area contributed by atoms with Gasteiger partial charge in [-0.2, -0.15) is 0 Å². The fraction of sp³-hybridized carbons (Fsp3) is 0.900. The van der Waals surface area contributed by atoms with Crippen LogP contribution in [0.1, 0.15) is 33.6 Å². The molecule has 3 fully saturated rings. The minimum Gasteiger partial charge on any atom is -0.367 e. The van der Waals surface area contributed by atoms with Crippen LogP contribution in [0.5, 0.6) is 0 Å². The molecule has 0 spiro atoms. The highest BCUT2D eigenvalue weighted by Crippen LogP contribution is 2.50. The summed E-state index contributed by atoms with van der Waals surface area (Å²) in [6, 6.07) is 0. The van der Waals surface area contributed by atoms with E-state index in [0.29, 0.717) is 5.78 Å². The number of ether oxygens (including phenoxy) is 1. The van der Waals surface area contributed by atoms with Crippen LogP contribution < -0.4 is 0 Å². The molecule has 1 aliphatic carbocycles. The minimum atomic E-state index is -0.111. The highest BCUT2D eigenvalue weighted by molar-refractivity contribution is 5.93. The van der Waals surface area contributed by atoms with Gasteiger partial charge in [0.05, 0.1) is 6.10 Å². The molecule has 12 heavy (non-hydrogen) atoms. The van der Waals surface area contributed by atoms with Gasteiger partial charge in [-0.15, -0.1) is 0 Å². The lowest BCUT2D eigenvalue weighted by molar-refractivity contribution is -0.173. The van der Waals surface area contributed by atoms with Gasteiger partial charge in [0.15, 0.2) is 5.78 Å². The third-order valence-corrected chi connectivity index (χ3v) is 3.41. The normalized spacial score (nSPS) is 44.9. The molecule has 2 saturated heterocycles. The average Bonchev–Trinajstić information content (AvgIpc) is 2.19. The number of hydrogen-bond donors (Lipinski definition) is 0. The molecule has 0 N–H and O–H groups in total. The van der Waals surface area contributed by atoms with E-state index in [2.05, 4.69) is 20.8 Å². The van der Waals surface area contributed by atoms with Gasteiger partial charge >= 0.3 is 0 Å². The van der Waals surface area contributed by atoms with E-state index >= 15 is 0 Å². The van der Waals surface area contributed by atoms with Gasteiger partial charge in [-0.3, -0.25) is 4.79 Å². The Hall–Kier alpha value is -0.370. The summed E-state index contributed by atoms with van der Waals surface area (Å²) in [7, 11) is 0. The van der Waals surface area contributed by atoms with Crippen LogP contribution in [0.3, 0.4) is 0 Å². The molecule has 0 aromatic rings. The van der Waals surface area contributed by atoms with E-state index < -0.39 is 0 Å². The Morgan fingerprint density at radius 1 is 1.42 bits per heavy atom. The Labute approximate surface area is 73.3 Å². The Balaban J connectivity index is 2.23. The summed E-state index contributed by atoms with van der Waals surface area (Å²) in [5, 5.41) is 0. The summed E-state index contributed by atoms with van der Waals surface area (Å²) in [6.07, 6.45) is 2.21. The number of ketones is 1. The number of Topliss-reactive ketones (excluding diaryl/α,β-unsaturated/α-hetero) is 1. The van der Waals surface area contributed by atoms with E-state index in [0.717, 1.165) is 12.8 Å². The zero-order valence-corrected chi connectivity index (χ0v) is 7.96. The zero-order valence-electron chi connectivity index (χ0n) is 7.96. The van der Waals surface area contributed by atoms with Crippen molar-refractivity contribution in [3.63, 3.8) is 0 Å². The van der Waals surface area contributed by atoms with Crippen LogP contribution in [0, 0.1) is 11.3 Å². The molecule has 2 heterocycles. The summed E-state index contributed by atoms with van der Waals surface area (Å²) in [5.41, 5.74) is 0.0991. The van der Waals surface area contributed by atoms with Crippen molar-refractivity contribution >= 4 is 5.78 Å². The van der Waals surface area contributed by atoms with Crippen LogP contribution in [0.2, 0.25) is 0 Å². The van der Waals surface area contributed by atoms with Gasteiger partial charge in [0.25, 0.3) is 0 Å². The van der Waals surface area contributed by atoms with E-state index in [1.165, 1.54) is 0 Å². The molecule has 0 aromatic heterocycles. The van der Waals surface area contributed by atoms with Crippen molar-refractivity contribution in [2.24, 2.45) is 11.3 Å². The van der Waals surface area contributed by atoms with Crippen molar-refractivity contribution in [2.45, 2.75) is 45.8 Å². The van der Waals surface area contributed by atoms with Crippen LogP contribution in [0.25, 0.3) is 0 Å². The maximum absolute atomic E-state index is 11.5. The molecule has 0 unspecified atom stereocenters. The number of hydrogen-bond acceptors (Lipinski definition) is 2. The van der Waals surface area contributed by atoms with Crippen molar-refractivity contribution in [3.8, 4) is 0 Å². The number of fused-ring (bicyclic) bond motifs is 3. The van der Waals surface area contributed by atoms with Crippen molar-refractivity contribution in [1.82, 2.24) is 0 Å². The minimum absolute atomic E-state index is 0.0991. The van der Waals surface area contributed by atoms with Gasteiger partial charge in [-0.1, -0.05) is 13.8 Å². The predicted octanol–water partition coefficient (Wildman–Crippen LogP) is 1.78. The highest BCUT2D eigenvalue weighted by Gasteiger charge is 2.58. The van der Waals surface area contributed by atoms with E-state index in [1.807, 2.05) is 0 Å². The molecule has 0 amide bonds. The fourth-order valence-corrected chi connectivity index (χ4v) is 2.46. The van der Waals surface area contributed by atoms with Crippen LogP contribution >= 0.6 is 0 Å². The fourth-order valence-electron chi connectivity index (χ4n) is 2.46. The summed E-state index contributed by atoms with van der Waals surface area (Å²) >= 11 is 0. The molecule has 1 saturated carbocycles. The molecular weight excluding hydrogens is 152 g/mol. The molecule has 3 rings (SSSR count). The first-order valence-corrected chi connectivity index (χ1v) is 4.72. The second-order valence-electron chi connectivity index (χ2n) is 4.68. The Kier molecular flexibility index (Phi) is 1.59. The predicted molar refractivity (Wildman–Crippen MR) is 45.8 cm³/mol. The maximum Gasteiger partial charge on any atom is 0.165 e. The summed E-state index contributed by atoms with van der Waals surface area (Å²) in [5.74, 6) is 0.608. The van der Waals surface area contributed by atoms with Gasteiger partial charge < -0.3 is 4.74 Å². The third kappa shape index (κ3) is 0.875. The van der Waals surface area contributed by atoms with E-state index in [4.69, 9.17) is 4.74 Å². The zero-order chi connectivity index (χ0) is 8.93. The largest absolute Gasteiger partial charge is 0.367 e. The molecule has 0 aromatic carbocycles. The SMILES string of the molecule is C[C@@H]1CC[C@H]2C(=O)[C@@H](O1)C2(C)C. The third-order valence-electron chi connectivity index (χ3n) is 3.41. The lowest BCUT2D eigenvalue weighted by Gasteiger charge is -2.47. The molecule has 0 radical (unpaired) electrons. The smallest absolute Gasteiger partial charge is 0.165 e. The first-order chi connectivity index (χ1) is 5.53. The highest BCUT2D eigenvalue weighted by atomic mass is 16.5. The number of carbonyl (C=O) groups excluding carboxylic acids is 1. The molecular formula is C10H16O2. The monoisotopic (exact) mass is 168 g/mol. The van der Waals surface area contributed by atoms with Crippen LogP contribution in [0.4, 0.5) is 0 Å². The number of carbonyl (C=O) groups is 1. The van der Waals surface area contributed by atoms with Crippen molar-refractivity contribution in [3.05, 3.63) is 0 Å². The van der Waals surface area contributed by atoms with Gasteiger partial charge in [0.1, 0.15) is 6.10 Å². The molecule has 3 atom stereocenters. The maximum atomic E-state index is 11.5. The Morgan fingerprint density at radius 3 is 2.67 bits per heavy atom. The standard InChI is InChI=1S/C10H16O2/c1-6-4-5-7-8(11)9(12-6)10(7,2)3/h6-7,9H,4-5H2,1-3H3/t6-,7+,9-/m1/s1. The molecule has 2 heteroatoms. The molecule has 3 aliphatic rings. The van der Waals surface area contributed by atoms with Gasteiger partial charge in [0, 0.05) is 11.3 Å². The van der Waals surface area contributed by atoms with Crippen molar-refractivity contribution < 1.29 is 9.53 Å². The molecule has 68 valence electrons. The van der Waals surface area contributed by atoms with Crippen LogP contribution in [-0.2, 0) is 9.53 Å². The second kappa shape index (κ2) is 2.32. The average molecular weight is 168 g/mol. The van der Waals surface area contributed by atoms with Crippen molar-refractivity contribution in [1.29, 1.82) is 0 Å². The lowest BCUT2D eigenvalue weighted by atomic mass is 9.58. The number of rotatable bonds is 0. The van der Waals surface area contributed by atoms with Crippen LogP contribution in [-0.4, -0.2) is 18.0 Å². The first-order valence-electron chi connectivity index (χ1n) is 4.72. The molecule has 2 aliphatic heterocycles. The van der Waals surface area contributed by atoms with E-state index in [-0.39, 0.29) is 23.5 Å².